The van der Waals surface area contributed by atoms with Gasteiger partial charge in [0.25, 0.3) is 0 Å². The van der Waals surface area contributed by atoms with Crippen LogP contribution in [0.3, 0.4) is 0 Å². The number of β-amino-alcohol motifs (C(OH)–C–C–N with tert-alkyl or cyclic N) is 1. The van der Waals surface area contributed by atoms with Crippen LogP contribution in [-0.4, -0.2) is 30.5 Å². The van der Waals surface area contributed by atoms with E-state index in [2.05, 4.69) is 5.32 Å². The molecule has 1 aliphatic heterocycles. The van der Waals surface area contributed by atoms with Crippen LogP contribution in [0.2, 0.25) is 0 Å². The lowest BCUT2D eigenvalue weighted by Crippen LogP contribution is -2.30. The van der Waals surface area contributed by atoms with Gasteiger partial charge in [-0.25, -0.2) is 4.39 Å². The number of halogens is 1. The van der Waals surface area contributed by atoms with Gasteiger partial charge in [0.1, 0.15) is 6.17 Å². The molecule has 1 aliphatic rings. The monoisotopic (exact) mass is 133 g/mol. The zero-order chi connectivity index (χ0) is 6.69. The largest absolute Gasteiger partial charge is 0.389 e. The summed E-state index contributed by atoms with van der Waals surface area (Å²) in [6.45, 7) is 1.23. The van der Waals surface area contributed by atoms with E-state index in [9.17, 15) is 4.39 Å². The van der Waals surface area contributed by atoms with Crippen LogP contribution in [0.1, 0.15) is 12.8 Å². The van der Waals surface area contributed by atoms with E-state index in [-0.39, 0.29) is 0 Å². The summed E-state index contributed by atoms with van der Waals surface area (Å²) >= 11 is 0. The van der Waals surface area contributed by atoms with Crippen LogP contribution in [0.5, 0.6) is 0 Å². The Morgan fingerprint density at radius 1 is 1.56 bits per heavy atom. The Hall–Kier alpha value is -0.150. The van der Waals surface area contributed by atoms with Crippen molar-refractivity contribution >= 4 is 0 Å². The number of hydrogen-bond donors (Lipinski definition) is 2. The average Bonchev–Trinajstić information content (AvgIpc) is 1.99. The standard InChI is InChI=1S/C6H12FNO/c7-5-2-1-3-8-4-6(5)9/h5-6,8-9H,1-4H2/t5-,6-/m1/s1. The van der Waals surface area contributed by atoms with Gasteiger partial charge in [-0.1, -0.05) is 0 Å². The Labute approximate surface area is 54.1 Å². The fraction of sp³-hybridized carbons (Fsp3) is 1.00. The highest BCUT2D eigenvalue weighted by Gasteiger charge is 2.19. The highest BCUT2D eigenvalue weighted by molar-refractivity contribution is 4.73. The lowest BCUT2D eigenvalue weighted by Gasteiger charge is -2.09. The second kappa shape index (κ2) is 3.13. The smallest absolute Gasteiger partial charge is 0.127 e. The third kappa shape index (κ3) is 1.91. The summed E-state index contributed by atoms with van der Waals surface area (Å²) in [6, 6.07) is 0. The number of alkyl halides is 1. The molecule has 0 aliphatic carbocycles. The van der Waals surface area contributed by atoms with Gasteiger partial charge in [0.2, 0.25) is 0 Å². The Balaban J connectivity index is 2.32. The molecule has 0 bridgehead atoms. The molecule has 1 fully saturated rings. The Morgan fingerprint density at radius 3 is 3.11 bits per heavy atom. The molecule has 0 aromatic rings. The van der Waals surface area contributed by atoms with E-state index in [0.717, 1.165) is 13.0 Å². The second-order valence-corrected chi connectivity index (χ2v) is 2.43. The van der Waals surface area contributed by atoms with Gasteiger partial charge < -0.3 is 10.4 Å². The summed E-state index contributed by atoms with van der Waals surface area (Å²) in [4.78, 5) is 0. The van der Waals surface area contributed by atoms with Gasteiger partial charge in [0.15, 0.2) is 0 Å². The minimum Gasteiger partial charge on any atom is -0.389 e. The Bertz CT molecular complexity index is 79.1. The molecule has 9 heavy (non-hydrogen) atoms. The molecule has 1 rings (SSSR count). The van der Waals surface area contributed by atoms with E-state index in [4.69, 9.17) is 5.11 Å². The maximum atomic E-state index is 12.5. The van der Waals surface area contributed by atoms with Gasteiger partial charge in [-0.2, -0.15) is 0 Å². The molecule has 2 nitrogen and oxygen atoms in total. The molecule has 0 aromatic carbocycles. The van der Waals surface area contributed by atoms with Crippen molar-refractivity contribution in [1.82, 2.24) is 5.32 Å². The molecule has 0 unspecified atom stereocenters. The quantitative estimate of drug-likeness (QED) is 0.490. The topological polar surface area (TPSA) is 32.3 Å². The Kier molecular flexibility index (Phi) is 2.42. The van der Waals surface area contributed by atoms with Crippen molar-refractivity contribution in [3.05, 3.63) is 0 Å². The van der Waals surface area contributed by atoms with Crippen molar-refractivity contribution in [2.24, 2.45) is 0 Å². The van der Waals surface area contributed by atoms with Crippen LogP contribution in [0, 0.1) is 0 Å². The fourth-order valence-corrected chi connectivity index (χ4v) is 0.992. The lowest BCUT2D eigenvalue weighted by atomic mass is 10.1. The van der Waals surface area contributed by atoms with Crippen molar-refractivity contribution in [2.45, 2.75) is 25.1 Å². The summed E-state index contributed by atoms with van der Waals surface area (Å²) in [5.41, 5.74) is 0. The SMILES string of the molecule is O[C@@H]1CNCCC[C@H]1F. The van der Waals surface area contributed by atoms with E-state index >= 15 is 0 Å². The predicted octanol–water partition coefficient (Wildman–Crippen LogP) is 0.0688. The maximum absolute atomic E-state index is 12.5. The van der Waals surface area contributed by atoms with Crippen LogP contribution in [0.15, 0.2) is 0 Å². The molecule has 2 atom stereocenters. The highest BCUT2D eigenvalue weighted by atomic mass is 19.1. The fourth-order valence-electron chi connectivity index (χ4n) is 0.992. The van der Waals surface area contributed by atoms with Crippen molar-refractivity contribution in [2.75, 3.05) is 13.1 Å². The van der Waals surface area contributed by atoms with Gasteiger partial charge >= 0.3 is 0 Å². The van der Waals surface area contributed by atoms with Crippen LogP contribution in [0.25, 0.3) is 0 Å². The van der Waals surface area contributed by atoms with E-state index in [0.29, 0.717) is 13.0 Å². The van der Waals surface area contributed by atoms with E-state index < -0.39 is 12.3 Å². The maximum Gasteiger partial charge on any atom is 0.127 e. The molecule has 1 saturated heterocycles. The van der Waals surface area contributed by atoms with Crippen LogP contribution < -0.4 is 5.32 Å². The van der Waals surface area contributed by atoms with Gasteiger partial charge in [-0.15, -0.1) is 0 Å². The lowest BCUT2D eigenvalue weighted by molar-refractivity contribution is 0.0813. The zero-order valence-electron chi connectivity index (χ0n) is 5.31. The third-order valence-electron chi connectivity index (χ3n) is 1.60. The highest BCUT2D eigenvalue weighted by Crippen LogP contribution is 2.08. The molecule has 0 radical (unpaired) electrons. The minimum atomic E-state index is -1.01. The molecule has 1 heterocycles. The van der Waals surface area contributed by atoms with Crippen molar-refractivity contribution < 1.29 is 9.50 Å². The van der Waals surface area contributed by atoms with Crippen molar-refractivity contribution in [3.63, 3.8) is 0 Å². The predicted molar refractivity (Wildman–Crippen MR) is 33.0 cm³/mol. The summed E-state index contributed by atoms with van der Waals surface area (Å²) in [5.74, 6) is 0. The molecule has 0 amide bonds. The first kappa shape index (κ1) is 6.96. The molecule has 3 heteroatoms. The molecule has 2 N–H and O–H groups in total. The Morgan fingerprint density at radius 2 is 2.33 bits per heavy atom. The third-order valence-corrected chi connectivity index (χ3v) is 1.60. The summed E-state index contributed by atoms with van der Waals surface area (Å²) in [6.07, 6.45) is -0.473. The van der Waals surface area contributed by atoms with Gasteiger partial charge in [0.05, 0.1) is 6.10 Å². The first-order chi connectivity index (χ1) is 4.30. The molecule has 0 aromatic heterocycles. The van der Waals surface area contributed by atoms with Gasteiger partial charge in [-0.3, -0.25) is 0 Å². The number of rotatable bonds is 0. The molecular weight excluding hydrogens is 121 g/mol. The first-order valence-electron chi connectivity index (χ1n) is 3.33. The second-order valence-electron chi connectivity index (χ2n) is 2.43. The van der Waals surface area contributed by atoms with Crippen LogP contribution in [-0.2, 0) is 0 Å². The van der Waals surface area contributed by atoms with Crippen LogP contribution in [0.4, 0.5) is 4.39 Å². The molecule has 0 spiro atoms. The molecular formula is C6H12FNO. The van der Waals surface area contributed by atoms with Gasteiger partial charge in [0, 0.05) is 6.54 Å². The number of aliphatic hydroxyl groups excluding tert-OH is 1. The molecule has 54 valence electrons. The van der Waals surface area contributed by atoms with Crippen molar-refractivity contribution in [3.8, 4) is 0 Å². The first-order valence-corrected chi connectivity index (χ1v) is 3.33. The van der Waals surface area contributed by atoms with Gasteiger partial charge in [-0.05, 0) is 19.4 Å². The normalized spacial score (nSPS) is 38.0. The summed E-state index contributed by atoms with van der Waals surface area (Å²) < 4.78 is 12.5. The van der Waals surface area contributed by atoms with Crippen LogP contribution >= 0.6 is 0 Å². The van der Waals surface area contributed by atoms with E-state index in [1.54, 1.807) is 0 Å². The number of aliphatic hydroxyl groups is 1. The number of nitrogens with one attached hydrogen (secondary N) is 1. The van der Waals surface area contributed by atoms with E-state index in [1.807, 2.05) is 0 Å². The number of hydrogen-bond acceptors (Lipinski definition) is 2. The summed E-state index contributed by atoms with van der Waals surface area (Å²) in [7, 11) is 0. The average molecular weight is 133 g/mol. The van der Waals surface area contributed by atoms with Crippen molar-refractivity contribution in [1.29, 1.82) is 0 Å². The summed E-state index contributed by atoms with van der Waals surface area (Å²) in [5, 5.41) is 11.9. The minimum absolute atomic E-state index is 0.404. The molecule has 0 saturated carbocycles. The zero-order valence-corrected chi connectivity index (χ0v) is 5.31. The van der Waals surface area contributed by atoms with E-state index in [1.165, 1.54) is 0 Å².